The number of anilines is 1. The number of nitro groups is 1. The monoisotopic (exact) mass is 320 g/mol. The van der Waals surface area contributed by atoms with E-state index in [-0.39, 0.29) is 15.8 Å². The normalized spacial score (nSPS) is 12.0. The summed E-state index contributed by atoms with van der Waals surface area (Å²) in [5.41, 5.74) is -0.450. The van der Waals surface area contributed by atoms with Gasteiger partial charge in [0, 0.05) is 19.2 Å². The molecule has 1 atom stereocenters. The van der Waals surface area contributed by atoms with E-state index in [1.807, 2.05) is 0 Å². The predicted molar refractivity (Wildman–Crippen MR) is 66.3 cm³/mol. The minimum absolute atomic E-state index is 0.0469. The van der Waals surface area contributed by atoms with Gasteiger partial charge < -0.3 is 10.0 Å². The fourth-order valence-corrected chi connectivity index (χ4v) is 1.66. The summed E-state index contributed by atoms with van der Waals surface area (Å²) in [5, 5.41) is 19.7. The number of carboxylic acid groups (broad SMARTS) is 1. The first-order chi connectivity index (χ1) is 8.25. The molecule has 0 bridgehead atoms. The van der Waals surface area contributed by atoms with Crippen molar-refractivity contribution < 1.29 is 19.2 Å². The molecule has 0 aliphatic heterocycles. The molecule has 0 aliphatic rings. The Balaban J connectivity index is 3.34. The maximum atomic E-state index is 13.4. The molecule has 1 rings (SSSR count). The summed E-state index contributed by atoms with van der Waals surface area (Å²) in [6, 6.07) is 0.932. The van der Waals surface area contributed by atoms with Crippen LogP contribution >= 0.6 is 15.9 Å². The van der Waals surface area contributed by atoms with Crippen molar-refractivity contribution in [2.75, 3.05) is 11.9 Å². The van der Waals surface area contributed by atoms with Gasteiger partial charge in [-0.3, -0.25) is 10.1 Å². The molecular weight excluding hydrogens is 311 g/mol. The Kier molecular flexibility index (Phi) is 4.23. The number of aliphatic carboxylic acids is 1. The van der Waals surface area contributed by atoms with Crippen LogP contribution in [0.5, 0.6) is 0 Å². The second-order valence-corrected chi connectivity index (χ2v) is 4.49. The van der Waals surface area contributed by atoms with Gasteiger partial charge in [-0.05, 0) is 22.9 Å². The molecular formula is C10H10BrFN2O4. The molecule has 0 fully saturated rings. The van der Waals surface area contributed by atoms with Gasteiger partial charge in [-0.1, -0.05) is 0 Å². The summed E-state index contributed by atoms with van der Waals surface area (Å²) >= 11 is 2.85. The molecule has 8 heteroatoms. The van der Waals surface area contributed by atoms with Gasteiger partial charge in [-0.2, -0.15) is 0 Å². The summed E-state index contributed by atoms with van der Waals surface area (Å²) in [7, 11) is 1.36. The number of hydrogen-bond donors (Lipinski definition) is 1. The van der Waals surface area contributed by atoms with E-state index in [2.05, 4.69) is 15.9 Å². The third-order valence-corrected chi connectivity index (χ3v) is 3.14. The van der Waals surface area contributed by atoms with Gasteiger partial charge in [0.1, 0.15) is 17.5 Å². The largest absolute Gasteiger partial charge is 0.480 e. The fourth-order valence-electron chi connectivity index (χ4n) is 1.33. The summed E-state index contributed by atoms with van der Waals surface area (Å²) < 4.78 is 13.4. The second kappa shape index (κ2) is 5.30. The molecule has 0 saturated carbocycles. The topological polar surface area (TPSA) is 83.7 Å². The molecule has 98 valence electrons. The Hall–Kier alpha value is -1.70. The SMILES string of the molecule is CC(C(=O)O)N(C)c1cc(F)c(Br)cc1[N+](=O)[O-]. The highest BCUT2D eigenvalue weighted by Gasteiger charge is 2.26. The van der Waals surface area contributed by atoms with Crippen molar-refractivity contribution in [2.45, 2.75) is 13.0 Å². The third kappa shape index (κ3) is 2.76. The molecule has 0 heterocycles. The first kappa shape index (κ1) is 14.4. The summed E-state index contributed by atoms with van der Waals surface area (Å²) in [4.78, 5) is 22.1. The number of halogens is 2. The Morgan fingerprint density at radius 3 is 2.61 bits per heavy atom. The molecule has 0 radical (unpaired) electrons. The number of carbonyl (C=O) groups is 1. The fraction of sp³-hybridized carbons (Fsp3) is 0.300. The van der Waals surface area contributed by atoms with Crippen LogP contribution in [0, 0.1) is 15.9 Å². The zero-order valence-electron chi connectivity index (χ0n) is 9.55. The molecule has 0 spiro atoms. The van der Waals surface area contributed by atoms with E-state index in [4.69, 9.17) is 5.11 Å². The molecule has 6 nitrogen and oxygen atoms in total. The van der Waals surface area contributed by atoms with E-state index in [9.17, 15) is 19.3 Å². The molecule has 1 aromatic rings. The zero-order chi connectivity index (χ0) is 14.0. The summed E-state index contributed by atoms with van der Waals surface area (Å²) in [6.45, 7) is 1.35. The van der Waals surface area contributed by atoms with Gasteiger partial charge in [-0.25, -0.2) is 9.18 Å². The van der Waals surface area contributed by atoms with Crippen LogP contribution in [0.2, 0.25) is 0 Å². The van der Waals surface area contributed by atoms with Gasteiger partial charge in [0.2, 0.25) is 0 Å². The predicted octanol–water partition coefficient (Wildman–Crippen LogP) is 2.41. The maximum absolute atomic E-state index is 13.4. The minimum Gasteiger partial charge on any atom is -0.480 e. The van der Waals surface area contributed by atoms with Crippen LogP contribution in [0.1, 0.15) is 6.92 Å². The van der Waals surface area contributed by atoms with E-state index in [0.29, 0.717) is 0 Å². The Morgan fingerprint density at radius 2 is 2.17 bits per heavy atom. The van der Waals surface area contributed by atoms with E-state index in [1.165, 1.54) is 14.0 Å². The van der Waals surface area contributed by atoms with E-state index < -0.39 is 22.8 Å². The lowest BCUT2D eigenvalue weighted by atomic mass is 10.2. The lowest BCUT2D eigenvalue weighted by Gasteiger charge is -2.23. The number of carboxylic acids is 1. The quantitative estimate of drug-likeness (QED) is 0.680. The minimum atomic E-state index is -1.16. The summed E-state index contributed by atoms with van der Waals surface area (Å²) in [5.74, 6) is -1.85. The number of benzene rings is 1. The molecule has 0 saturated heterocycles. The average Bonchev–Trinajstić information content (AvgIpc) is 2.29. The third-order valence-electron chi connectivity index (χ3n) is 2.53. The van der Waals surface area contributed by atoms with Crippen LogP contribution in [-0.4, -0.2) is 29.1 Å². The van der Waals surface area contributed by atoms with Gasteiger partial charge >= 0.3 is 5.97 Å². The molecule has 18 heavy (non-hydrogen) atoms. The standard InChI is InChI=1S/C10H10BrFN2O4/c1-5(10(15)16)13(2)8-4-7(12)6(11)3-9(8)14(17)18/h3-5H,1-2H3,(H,15,16). The van der Waals surface area contributed by atoms with Gasteiger partial charge in [0.15, 0.2) is 0 Å². The molecule has 1 aromatic carbocycles. The number of nitrogens with zero attached hydrogens (tertiary/aromatic N) is 2. The molecule has 0 aromatic heterocycles. The van der Waals surface area contributed by atoms with Crippen LogP contribution in [-0.2, 0) is 4.79 Å². The number of hydrogen-bond acceptors (Lipinski definition) is 4. The first-order valence-electron chi connectivity index (χ1n) is 4.84. The van der Waals surface area contributed by atoms with Crippen molar-refractivity contribution in [3.63, 3.8) is 0 Å². The van der Waals surface area contributed by atoms with Crippen LogP contribution < -0.4 is 4.90 Å². The van der Waals surface area contributed by atoms with Gasteiger partial charge in [0.05, 0.1) is 9.40 Å². The number of nitro benzene ring substituents is 1. The van der Waals surface area contributed by atoms with E-state index in [1.54, 1.807) is 0 Å². The molecule has 0 amide bonds. The Bertz CT molecular complexity index is 509. The lowest BCUT2D eigenvalue weighted by molar-refractivity contribution is -0.384. The highest BCUT2D eigenvalue weighted by Crippen LogP contribution is 2.33. The van der Waals surface area contributed by atoms with Crippen LogP contribution in [0.3, 0.4) is 0 Å². The van der Waals surface area contributed by atoms with Crippen molar-refractivity contribution >= 4 is 33.3 Å². The first-order valence-corrected chi connectivity index (χ1v) is 5.64. The number of likely N-dealkylation sites (N-methyl/N-ethyl adjacent to an activating group) is 1. The van der Waals surface area contributed by atoms with Crippen molar-refractivity contribution in [1.29, 1.82) is 0 Å². The molecule has 0 aliphatic carbocycles. The maximum Gasteiger partial charge on any atom is 0.326 e. The van der Waals surface area contributed by atoms with E-state index >= 15 is 0 Å². The van der Waals surface area contributed by atoms with Gasteiger partial charge in [-0.15, -0.1) is 0 Å². The van der Waals surface area contributed by atoms with Crippen molar-refractivity contribution in [3.8, 4) is 0 Å². The number of rotatable bonds is 4. The van der Waals surface area contributed by atoms with Crippen molar-refractivity contribution in [2.24, 2.45) is 0 Å². The highest BCUT2D eigenvalue weighted by molar-refractivity contribution is 9.10. The Morgan fingerprint density at radius 1 is 1.61 bits per heavy atom. The highest BCUT2D eigenvalue weighted by atomic mass is 79.9. The van der Waals surface area contributed by atoms with Crippen molar-refractivity contribution in [1.82, 2.24) is 0 Å². The summed E-state index contributed by atoms with van der Waals surface area (Å²) in [6.07, 6.45) is 0. The average molecular weight is 321 g/mol. The zero-order valence-corrected chi connectivity index (χ0v) is 11.1. The van der Waals surface area contributed by atoms with E-state index in [0.717, 1.165) is 17.0 Å². The Labute approximate surface area is 110 Å². The second-order valence-electron chi connectivity index (χ2n) is 3.64. The van der Waals surface area contributed by atoms with Crippen LogP contribution in [0.15, 0.2) is 16.6 Å². The van der Waals surface area contributed by atoms with Crippen LogP contribution in [0.25, 0.3) is 0 Å². The molecule has 1 unspecified atom stereocenters. The van der Waals surface area contributed by atoms with Crippen molar-refractivity contribution in [3.05, 3.63) is 32.5 Å². The van der Waals surface area contributed by atoms with Gasteiger partial charge in [0.25, 0.3) is 5.69 Å². The molecule has 1 N–H and O–H groups in total. The smallest absolute Gasteiger partial charge is 0.326 e. The van der Waals surface area contributed by atoms with Crippen LogP contribution in [0.4, 0.5) is 15.8 Å². The lowest BCUT2D eigenvalue weighted by Crippen LogP contribution is -2.36.